The maximum atomic E-state index is 13.7. The third-order valence-electron chi connectivity index (χ3n) is 5.45. The summed E-state index contributed by atoms with van der Waals surface area (Å²) in [7, 11) is 0. The fourth-order valence-corrected chi connectivity index (χ4v) is 4.68. The molecule has 0 spiro atoms. The van der Waals surface area contributed by atoms with Crippen molar-refractivity contribution in [2.24, 2.45) is 0 Å². The first-order valence-electron chi connectivity index (χ1n) is 10.9. The molecule has 1 aromatic heterocycles. The minimum Gasteiger partial charge on any atom is -0.483 e. The maximum absolute atomic E-state index is 13.7. The van der Waals surface area contributed by atoms with E-state index in [1.54, 1.807) is 41.8 Å². The Bertz CT molecular complexity index is 1160. The van der Waals surface area contributed by atoms with Crippen LogP contribution in [0.15, 0.2) is 53.9 Å². The number of anilines is 1. The number of hydrogen-bond acceptors (Lipinski definition) is 5. The topological polar surface area (TPSA) is 92.4 Å². The van der Waals surface area contributed by atoms with Crippen LogP contribution in [0.2, 0.25) is 5.02 Å². The Balaban J connectivity index is 1.32. The number of nitrogens with zero attached hydrogens (tertiary/aromatic N) is 1. The van der Waals surface area contributed by atoms with Crippen molar-refractivity contribution in [1.82, 2.24) is 15.6 Å². The summed E-state index contributed by atoms with van der Waals surface area (Å²) < 4.78 is 19.2. The number of benzene rings is 2. The largest absolute Gasteiger partial charge is 0.483 e. The molecule has 0 saturated heterocycles. The van der Waals surface area contributed by atoms with Gasteiger partial charge >= 0.3 is 6.03 Å². The van der Waals surface area contributed by atoms with Gasteiger partial charge in [0.15, 0.2) is 11.6 Å². The highest BCUT2D eigenvalue weighted by molar-refractivity contribution is 7.09. The third-order valence-corrected chi connectivity index (χ3v) is 6.51. The first-order valence-corrected chi connectivity index (χ1v) is 12.2. The normalized spacial score (nSPS) is 17.6. The van der Waals surface area contributed by atoms with E-state index >= 15 is 0 Å². The Kier molecular flexibility index (Phi) is 7.97. The van der Waals surface area contributed by atoms with E-state index < -0.39 is 5.82 Å². The molecule has 0 aliphatic heterocycles. The quantitative estimate of drug-likeness (QED) is 0.404. The number of amides is 3. The summed E-state index contributed by atoms with van der Waals surface area (Å²) in [4.78, 5) is 29.6. The van der Waals surface area contributed by atoms with Crippen LogP contribution in [0.5, 0.6) is 5.75 Å². The standard InChI is InChI=1S/C24H24ClFN4O3S/c25-15-6-5-7-16(12-15)27-24(32)30-19-10-3-2-9-18(19)29-23(31)20-14-34-22(28-20)13-33-21-11-4-1-8-17(21)26/h1,4-8,11-12,14,18-19H,2-3,9-10,13H2,(H,29,31)(H2,27,30,32)/t18-,19-/m0/s1. The molecular formula is C24H24ClFN4O3S. The van der Waals surface area contributed by atoms with Crippen molar-refractivity contribution in [2.75, 3.05) is 5.32 Å². The molecule has 178 valence electrons. The fourth-order valence-electron chi connectivity index (χ4n) is 3.80. The Morgan fingerprint density at radius 3 is 2.62 bits per heavy atom. The summed E-state index contributed by atoms with van der Waals surface area (Å²) >= 11 is 7.24. The maximum Gasteiger partial charge on any atom is 0.319 e. The molecule has 10 heteroatoms. The van der Waals surface area contributed by atoms with Gasteiger partial charge in [0.05, 0.1) is 6.04 Å². The van der Waals surface area contributed by atoms with Crippen LogP contribution in [0.3, 0.4) is 0 Å². The number of hydrogen-bond donors (Lipinski definition) is 3. The van der Waals surface area contributed by atoms with Gasteiger partial charge in [-0.3, -0.25) is 4.79 Å². The zero-order valence-electron chi connectivity index (χ0n) is 18.2. The molecule has 3 amide bonds. The molecule has 1 heterocycles. The molecule has 3 aromatic rings. The predicted molar refractivity (Wildman–Crippen MR) is 130 cm³/mol. The van der Waals surface area contributed by atoms with Crippen LogP contribution in [0.4, 0.5) is 14.9 Å². The summed E-state index contributed by atoms with van der Waals surface area (Å²) in [6.07, 6.45) is 3.43. The molecule has 34 heavy (non-hydrogen) atoms. The van der Waals surface area contributed by atoms with Gasteiger partial charge in [-0.05, 0) is 43.2 Å². The van der Waals surface area contributed by atoms with Gasteiger partial charge in [0, 0.05) is 22.1 Å². The van der Waals surface area contributed by atoms with Crippen LogP contribution < -0.4 is 20.7 Å². The molecule has 1 aliphatic rings. The number of rotatable bonds is 7. The third kappa shape index (κ3) is 6.45. The predicted octanol–water partition coefficient (Wildman–Crippen LogP) is 5.38. The van der Waals surface area contributed by atoms with Crippen LogP contribution in [-0.4, -0.2) is 29.0 Å². The van der Waals surface area contributed by atoms with Gasteiger partial charge < -0.3 is 20.7 Å². The highest BCUT2D eigenvalue weighted by Gasteiger charge is 2.28. The average molecular weight is 503 g/mol. The molecular weight excluding hydrogens is 479 g/mol. The molecule has 1 aliphatic carbocycles. The number of aromatic nitrogens is 1. The summed E-state index contributed by atoms with van der Waals surface area (Å²) in [6, 6.07) is 12.2. The van der Waals surface area contributed by atoms with Gasteiger partial charge in [-0.15, -0.1) is 11.3 Å². The molecule has 3 N–H and O–H groups in total. The second-order valence-electron chi connectivity index (χ2n) is 7.93. The van der Waals surface area contributed by atoms with Crippen LogP contribution in [-0.2, 0) is 6.61 Å². The Morgan fingerprint density at radius 2 is 1.85 bits per heavy atom. The van der Waals surface area contributed by atoms with Crippen molar-refractivity contribution < 1.29 is 18.7 Å². The molecule has 2 atom stereocenters. The second-order valence-corrected chi connectivity index (χ2v) is 9.30. The first-order chi connectivity index (χ1) is 16.5. The van der Waals surface area contributed by atoms with Crippen LogP contribution in [0.25, 0.3) is 0 Å². The molecule has 1 saturated carbocycles. The summed E-state index contributed by atoms with van der Waals surface area (Å²) in [5.41, 5.74) is 0.860. The number of para-hydroxylation sites is 1. The smallest absolute Gasteiger partial charge is 0.319 e. The first kappa shape index (κ1) is 24.0. The zero-order valence-corrected chi connectivity index (χ0v) is 19.8. The van der Waals surface area contributed by atoms with E-state index in [1.807, 2.05) is 0 Å². The van der Waals surface area contributed by atoms with Gasteiger partial charge in [0.2, 0.25) is 0 Å². The van der Waals surface area contributed by atoms with E-state index in [4.69, 9.17) is 16.3 Å². The SMILES string of the molecule is O=C(Nc1cccc(Cl)c1)N[C@H]1CCCC[C@@H]1NC(=O)c1csc(COc2ccccc2F)n1. The van der Waals surface area contributed by atoms with E-state index in [1.165, 1.54) is 23.5 Å². The van der Waals surface area contributed by atoms with Crippen molar-refractivity contribution in [3.63, 3.8) is 0 Å². The summed E-state index contributed by atoms with van der Waals surface area (Å²) in [5.74, 6) is -0.634. The van der Waals surface area contributed by atoms with E-state index in [0.29, 0.717) is 15.7 Å². The summed E-state index contributed by atoms with van der Waals surface area (Å²) in [5, 5.41) is 11.5. The zero-order chi connectivity index (χ0) is 23.9. The van der Waals surface area contributed by atoms with Crippen LogP contribution in [0.1, 0.15) is 41.2 Å². The monoisotopic (exact) mass is 502 g/mol. The number of carbonyl (C=O) groups excluding carboxylic acids is 2. The number of nitrogens with one attached hydrogen (secondary N) is 3. The molecule has 2 aromatic carbocycles. The van der Waals surface area contributed by atoms with Gasteiger partial charge in [-0.2, -0.15) is 0 Å². The lowest BCUT2D eigenvalue weighted by atomic mass is 9.90. The number of thiazole rings is 1. The Labute approximate surface area is 205 Å². The van der Waals surface area contributed by atoms with Crippen molar-refractivity contribution in [1.29, 1.82) is 0 Å². The van der Waals surface area contributed by atoms with Gasteiger partial charge in [-0.25, -0.2) is 14.2 Å². The van der Waals surface area contributed by atoms with Crippen molar-refractivity contribution in [3.8, 4) is 5.75 Å². The average Bonchev–Trinajstić information content (AvgIpc) is 3.29. The lowest BCUT2D eigenvalue weighted by Gasteiger charge is -2.32. The molecule has 0 unspecified atom stereocenters. The van der Waals surface area contributed by atoms with E-state index in [2.05, 4.69) is 20.9 Å². The number of carbonyl (C=O) groups is 2. The number of halogens is 2. The van der Waals surface area contributed by atoms with Gasteiger partial charge in [0.25, 0.3) is 5.91 Å². The molecule has 0 bridgehead atoms. The van der Waals surface area contributed by atoms with E-state index in [-0.39, 0.29) is 42.1 Å². The Morgan fingerprint density at radius 1 is 1.09 bits per heavy atom. The summed E-state index contributed by atoms with van der Waals surface area (Å²) in [6.45, 7) is 0.0656. The van der Waals surface area contributed by atoms with Crippen molar-refractivity contribution in [2.45, 2.75) is 44.4 Å². The van der Waals surface area contributed by atoms with Gasteiger partial charge in [-0.1, -0.05) is 42.6 Å². The number of ether oxygens (including phenoxy) is 1. The van der Waals surface area contributed by atoms with Crippen molar-refractivity contribution in [3.05, 3.63) is 75.5 Å². The lowest BCUT2D eigenvalue weighted by molar-refractivity contribution is 0.0911. The van der Waals surface area contributed by atoms with E-state index in [0.717, 1.165) is 25.7 Å². The van der Waals surface area contributed by atoms with E-state index in [9.17, 15) is 14.0 Å². The van der Waals surface area contributed by atoms with Crippen LogP contribution in [0, 0.1) is 5.82 Å². The fraction of sp³-hybridized carbons (Fsp3) is 0.292. The van der Waals surface area contributed by atoms with Crippen molar-refractivity contribution >= 4 is 40.6 Å². The molecule has 4 rings (SSSR count). The highest BCUT2D eigenvalue weighted by Crippen LogP contribution is 2.22. The molecule has 7 nitrogen and oxygen atoms in total. The minimum atomic E-state index is -0.452. The minimum absolute atomic E-state index is 0.0656. The molecule has 0 radical (unpaired) electrons. The van der Waals surface area contributed by atoms with Gasteiger partial charge in [0.1, 0.15) is 17.3 Å². The number of urea groups is 1. The highest BCUT2D eigenvalue weighted by atomic mass is 35.5. The second kappa shape index (κ2) is 11.3. The lowest BCUT2D eigenvalue weighted by Crippen LogP contribution is -2.54. The Hall–Kier alpha value is -3.17. The molecule has 1 fully saturated rings. The van der Waals surface area contributed by atoms with Crippen LogP contribution >= 0.6 is 22.9 Å².